The highest BCUT2D eigenvalue weighted by atomic mass is 32.2. The number of alkyl halides is 4. The molecule has 2 amide bonds. The number of halogens is 4. The van der Waals surface area contributed by atoms with Gasteiger partial charge in [-0.3, -0.25) is 9.59 Å². The van der Waals surface area contributed by atoms with Crippen molar-refractivity contribution in [3.05, 3.63) is 64.7 Å². The van der Waals surface area contributed by atoms with Crippen LogP contribution in [0, 0.1) is 0 Å². The molecule has 0 aromatic heterocycles. The molecule has 0 aliphatic carbocycles. The second-order valence-electron chi connectivity index (χ2n) is 5.48. The van der Waals surface area contributed by atoms with Gasteiger partial charge in [0.25, 0.3) is 11.8 Å². The minimum atomic E-state index is -5.03. The summed E-state index contributed by atoms with van der Waals surface area (Å²) >= 11 is 0. The Balaban J connectivity index is 1.99. The molecule has 0 saturated heterocycles. The zero-order valence-corrected chi connectivity index (χ0v) is 14.0. The van der Waals surface area contributed by atoms with Gasteiger partial charge in [0.05, 0.1) is 21.6 Å². The maximum atomic E-state index is 12.9. The molecular weight excluding hydrogens is 394 g/mol. The highest BCUT2D eigenvalue weighted by Crippen LogP contribution is 2.33. The van der Waals surface area contributed by atoms with Crippen molar-refractivity contribution >= 4 is 21.9 Å². The van der Waals surface area contributed by atoms with Gasteiger partial charge in [0.2, 0.25) is 0 Å². The van der Waals surface area contributed by atoms with Crippen molar-refractivity contribution in [2.24, 2.45) is 0 Å². The Kier molecular flexibility index (Phi) is 4.52. The van der Waals surface area contributed by atoms with Crippen molar-refractivity contribution < 1.29 is 39.9 Å². The second kappa shape index (κ2) is 6.43. The Morgan fingerprint density at radius 1 is 0.963 bits per heavy atom. The lowest BCUT2D eigenvalue weighted by Gasteiger charge is -2.15. The Morgan fingerprint density at radius 2 is 1.52 bits per heavy atom. The van der Waals surface area contributed by atoms with Crippen LogP contribution < -0.4 is 0 Å². The number of rotatable bonds is 4. The number of hydroxylamine groups is 2. The third kappa shape index (κ3) is 3.43. The zero-order valence-electron chi connectivity index (χ0n) is 13.2. The van der Waals surface area contributed by atoms with Crippen molar-refractivity contribution in [2.75, 3.05) is 0 Å². The van der Waals surface area contributed by atoms with Crippen molar-refractivity contribution in [2.45, 2.75) is 17.7 Å². The van der Waals surface area contributed by atoms with E-state index < -0.39 is 50.8 Å². The van der Waals surface area contributed by atoms with Crippen molar-refractivity contribution in [1.29, 1.82) is 0 Å². The predicted octanol–water partition coefficient (Wildman–Crippen LogP) is 3.09. The first-order valence-corrected chi connectivity index (χ1v) is 8.65. The Hall–Kier alpha value is -2.79. The lowest BCUT2D eigenvalue weighted by Crippen LogP contribution is -2.32. The van der Waals surface area contributed by atoms with E-state index in [4.69, 9.17) is 0 Å². The number of hydrogen-bond acceptors (Lipinski definition) is 5. The van der Waals surface area contributed by atoms with Crippen molar-refractivity contribution in [3.63, 3.8) is 0 Å². The number of benzene rings is 2. The number of fused-ring (bicyclic) bond motifs is 1. The zero-order chi connectivity index (χ0) is 20.0. The quantitative estimate of drug-likeness (QED) is 0.579. The first kappa shape index (κ1) is 19.0. The lowest BCUT2D eigenvalue weighted by molar-refractivity contribution is -0.137. The Morgan fingerprint density at radius 3 is 2.00 bits per heavy atom. The summed E-state index contributed by atoms with van der Waals surface area (Å²) in [6.45, 7) is -1.36. The molecule has 0 unspecified atom stereocenters. The monoisotopic (exact) mass is 403 g/mol. The molecule has 3 rings (SSSR count). The fraction of sp³-hybridized carbons (Fsp3) is 0.125. The van der Waals surface area contributed by atoms with Crippen molar-refractivity contribution in [1.82, 2.24) is 5.06 Å². The molecule has 0 atom stereocenters. The minimum absolute atomic E-state index is 0.0601. The van der Waals surface area contributed by atoms with Crippen LogP contribution in [0.15, 0.2) is 47.4 Å². The fourth-order valence-corrected chi connectivity index (χ4v) is 3.41. The van der Waals surface area contributed by atoms with Crippen molar-refractivity contribution in [3.8, 4) is 0 Å². The SMILES string of the molecule is O=C1c2ccccc2C(=O)N1OS(=O)(=O)c1cc(CF)cc(C(F)(F)F)c1. The molecule has 142 valence electrons. The molecule has 0 spiro atoms. The van der Waals surface area contributed by atoms with E-state index in [-0.39, 0.29) is 22.3 Å². The van der Waals surface area contributed by atoms with Crippen LogP contribution in [-0.4, -0.2) is 25.3 Å². The molecule has 0 N–H and O–H groups in total. The van der Waals surface area contributed by atoms with Crippen LogP contribution in [0.2, 0.25) is 0 Å². The fourth-order valence-electron chi connectivity index (χ4n) is 2.42. The summed E-state index contributed by atoms with van der Waals surface area (Å²) in [7, 11) is -5.03. The van der Waals surface area contributed by atoms with E-state index in [1.54, 1.807) is 0 Å². The van der Waals surface area contributed by atoms with Crippen LogP contribution in [0.1, 0.15) is 31.8 Å². The average Bonchev–Trinajstić information content (AvgIpc) is 2.85. The first-order chi connectivity index (χ1) is 12.5. The van der Waals surface area contributed by atoms with Gasteiger partial charge in [-0.2, -0.15) is 21.6 Å². The maximum Gasteiger partial charge on any atom is 0.416 e. The molecular formula is C16H9F4NO5S. The molecule has 1 heterocycles. The number of carbonyl (C=O) groups is 2. The molecule has 2 aromatic rings. The van der Waals surface area contributed by atoms with E-state index in [2.05, 4.69) is 4.28 Å². The number of hydrogen-bond donors (Lipinski definition) is 0. The molecule has 6 nitrogen and oxygen atoms in total. The molecule has 11 heteroatoms. The lowest BCUT2D eigenvalue weighted by atomic mass is 10.1. The summed E-state index contributed by atoms with van der Waals surface area (Å²) in [5.41, 5.74) is -2.21. The topological polar surface area (TPSA) is 80.8 Å². The highest BCUT2D eigenvalue weighted by Gasteiger charge is 2.40. The van der Waals surface area contributed by atoms with E-state index in [9.17, 15) is 35.6 Å². The summed E-state index contributed by atoms with van der Waals surface area (Å²) in [5, 5.41) is -0.0601. The van der Waals surface area contributed by atoms with Gasteiger partial charge in [-0.15, -0.1) is 9.35 Å². The maximum absolute atomic E-state index is 12.9. The largest absolute Gasteiger partial charge is 0.416 e. The summed E-state index contributed by atoms with van der Waals surface area (Å²) in [4.78, 5) is 23.2. The summed E-state index contributed by atoms with van der Waals surface area (Å²) < 4.78 is 80.7. The predicted molar refractivity (Wildman–Crippen MR) is 81.5 cm³/mol. The van der Waals surface area contributed by atoms with Gasteiger partial charge >= 0.3 is 16.3 Å². The van der Waals surface area contributed by atoms with Gasteiger partial charge in [0.15, 0.2) is 0 Å². The standard InChI is InChI=1S/C16H9F4NO5S/c17-8-9-5-10(16(18,19)20)7-11(6-9)27(24,25)26-21-14(22)12-3-1-2-4-13(12)15(21)23/h1-7H,8H2. The van der Waals surface area contributed by atoms with E-state index in [0.29, 0.717) is 12.1 Å². The molecule has 27 heavy (non-hydrogen) atoms. The third-order valence-electron chi connectivity index (χ3n) is 3.67. The van der Waals surface area contributed by atoms with Gasteiger partial charge in [0.1, 0.15) is 6.67 Å². The number of amides is 2. The average molecular weight is 403 g/mol. The van der Waals surface area contributed by atoms with E-state index in [0.717, 1.165) is 0 Å². The molecule has 0 radical (unpaired) electrons. The first-order valence-electron chi connectivity index (χ1n) is 7.24. The molecule has 1 aliphatic rings. The van der Waals surface area contributed by atoms with E-state index in [1.165, 1.54) is 24.3 Å². The third-order valence-corrected chi connectivity index (χ3v) is 4.82. The molecule has 0 fully saturated rings. The second-order valence-corrected chi connectivity index (χ2v) is 7.00. The van der Waals surface area contributed by atoms with Crippen LogP contribution in [0.3, 0.4) is 0 Å². The smallest absolute Gasteiger partial charge is 0.266 e. The number of imide groups is 1. The molecule has 2 aromatic carbocycles. The van der Waals surface area contributed by atoms with Crippen LogP contribution in [0.25, 0.3) is 0 Å². The van der Waals surface area contributed by atoms with Gasteiger partial charge in [-0.25, -0.2) is 4.39 Å². The summed E-state index contributed by atoms with van der Waals surface area (Å²) in [5.74, 6) is -2.17. The molecule has 0 bridgehead atoms. The van der Waals surface area contributed by atoms with Gasteiger partial charge in [-0.05, 0) is 35.9 Å². The normalized spacial score (nSPS) is 14.6. The van der Waals surface area contributed by atoms with Crippen LogP contribution in [0.4, 0.5) is 17.6 Å². The number of carbonyl (C=O) groups excluding carboxylic acids is 2. The van der Waals surface area contributed by atoms with Gasteiger partial charge < -0.3 is 0 Å². The molecule has 1 aliphatic heterocycles. The van der Waals surface area contributed by atoms with Crippen LogP contribution in [-0.2, 0) is 27.3 Å². The summed E-state index contributed by atoms with van der Waals surface area (Å²) in [6.07, 6.45) is -4.94. The summed E-state index contributed by atoms with van der Waals surface area (Å²) in [6, 6.07) is 6.69. The van der Waals surface area contributed by atoms with Crippen LogP contribution in [0.5, 0.6) is 0 Å². The minimum Gasteiger partial charge on any atom is -0.266 e. The number of nitrogens with zero attached hydrogens (tertiary/aromatic N) is 1. The highest BCUT2D eigenvalue weighted by molar-refractivity contribution is 7.86. The van der Waals surface area contributed by atoms with E-state index in [1.807, 2.05) is 0 Å². The van der Waals surface area contributed by atoms with Crippen LogP contribution >= 0.6 is 0 Å². The van der Waals surface area contributed by atoms with E-state index >= 15 is 0 Å². The van der Waals surface area contributed by atoms with Gasteiger partial charge in [-0.1, -0.05) is 12.1 Å². The Labute approximate surface area is 150 Å². The molecule has 0 saturated carbocycles. The Bertz CT molecular complexity index is 1010. The van der Waals surface area contributed by atoms with Gasteiger partial charge in [0, 0.05) is 0 Å².